The maximum absolute atomic E-state index is 9.61. The molecule has 1 saturated heterocycles. The zero-order valence-electron chi connectivity index (χ0n) is 15.1. The van der Waals surface area contributed by atoms with Crippen molar-refractivity contribution in [2.45, 2.75) is 0 Å². The van der Waals surface area contributed by atoms with Gasteiger partial charge in [-0.25, -0.2) is 4.98 Å². The van der Waals surface area contributed by atoms with E-state index >= 15 is 0 Å². The summed E-state index contributed by atoms with van der Waals surface area (Å²) in [4.78, 5) is 9.17. The second kappa shape index (κ2) is 7.68. The quantitative estimate of drug-likeness (QED) is 0.645. The standard InChI is InChI=1S/C21H20N4OS/c1-26-18-8-6-17(7-9-18)25-12-10-24(11-13-25)15-16(14-22)21-23-19-4-2-3-5-20(19)27-21/h2-9,15H,10-13H2,1H3/b16-15-. The largest absolute Gasteiger partial charge is 0.497 e. The van der Waals surface area contributed by atoms with E-state index in [1.165, 1.54) is 5.69 Å². The summed E-state index contributed by atoms with van der Waals surface area (Å²) < 4.78 is 6.33. The number of allylic oxidation sites excluding steroid dienone is 1. The van der Waals surface area contributed by atoms with E-state index in [1.807, 2.05) is 42.6 Å². The van der Waals surface area contributed by atoms with Crippen LogP contribution in [0.1, 0.15) is 5.01 Å². The van der Waals surface area contributed by atoms with Crippen LogP contribution in [-0.2, 0) is 0 Å². The van der Waals surface area contributed by atoms with Crippen molar-refractivity contribution in [2.75, 3.05) is 38.2 Å². The highest BCUT2D eigenvalue weighted by atomic mass is 32.1. The number of nitriles is 1. The number of piperazine rings is 1. The molecule has 4 rings (SSSR count). The van der Waals surface area contributed by atoms with Crippen LogP contribution in [0.25, 0.3) is 15.8 Å². The van der Waals surface area contributed by atoms with Crippen molar-refractivity contribution < 1.29 is 4.74 Å². The first-order valence-corrected chi connectivity index (χ1v) is 9.69. The van der Waals surface area contributed by atoms with Crippen LogP contribution in [0.5, 0.6) is 5.75 Å². The molecular weight excluding hydrogens is 356 g/mol. The lowest BCUT2D eigenvalue weighted by molar-refractivity contribution is 0.350. The van der Waals surface area contributed by atoms with Gasteiger partial charge in [0.15, 0.2) is 0 Å². The SMILES string of the molecule is COc1ccc(N2CCN(/C=C(/C#N)c3nc4ccccc4s3)CC2)cc1. The Balaban J connectivity index is 1.45. The van der Waals surface area contributed by atoms with Gasteiger partial charge < -0.3 is 14.5 Å². The first kappa shape index (κ1) is 17.4. The molecule has 1 aliphatic rings. The Labute approximate surface area is 162 Å². The number of ether oxygens (including phenoxy) is 1. The number of rotatable bonds is 4. The summed E-state index contributed by atoms with van der Waals surface area (Å²) in [5.41, 5.74) is 2.78. The molecule has 0 atom stereocenters. The molecule has 0 unspecified atom stereocenters. The van der Waals surface area contributed by atoms with Crippen LogP contribution in [0.15, 0.2) is 54.7 Å². The number of anilines is 1. The number of hydrogen-bond acceptors (Lipinski definition) is 6. The number of thiazole rings is 1. The Hall–Kier alpha value is -3.04. The minimum atomic E-state index is 0.633. The molecule has 6 heteroatoms. The number of methoxy groups -OCH3 is 1. The Kier molecular flexibility index (Phi) is 4.95. The van der Waals surface area contributed by atoms with Crippen LogP contribution >= 0.6 is 11.3 Å². The molecule has 0 amide bonds. The van der Waals surface area contributed by atoms with E-state index in [-0.39, 0.29) is 0 Å². The summed E-state index contributed by atoms with van der Waals surface area (Å²) in [7, 11) is 1.68. The predicted molar refractivity (Wildman–Crippen MR) is 110 cm³/mol. The Morgan fingerprint density at radius 1 is 1.11 bits per heavy atom. The van der Waals surface area contributed by atoms with E-state index in [4.69, 9.17) is 4.74 Å². The van der Waals surface area contributed by atoms with Gasteiger partial charge in [0.1, 0.15) is 22.4 Å². The van der Waals surface area contributed by atoms with Crippen LogP contribution in [-0.4, -0.2) is 43.2 Å². The minimum absolute atomic E-state index is 0.633. The maximum Gasteiger partial charge on any atom is 0.136 e. The van der Waals surface area contributed by atoms with Crippen LogP contribution in [0, 0.1) is 11.3 Å². The normalized spacial score (nSPS) is 15.0. The maximum atomic E-state index is 9.61. The Morgan fingerprint density at radius 2 is 1.85 bits per heavy atom. The van der Waals surface area contributed by atoms with Gasteiger partial charge in [-0.05, 0) is 36.4 Å². The molecule has 0 radical (unpaired) electrons. The van der Waals surface area contributed by atoms with Crippen molar-refractivity contribution in [3.05, 3.63) is 59.7 Å². The third-order valence-electron chi connectivity index (χ3n) is 4.71. The summed E-state index contributed by atoms with van der Waals surface area (Å²) in [6, 6.07) is 18.5. The molecule has 3 aromatic rings. The van der Waals surface area contributed by atoms with Crippen LogP contribution in [0.4, 0.5) is 5.69 Å². The predicted octanol–water partition coefficient (Wildman–Crippen LogP) is 3.99. The number of para-hydroxylation sites is 1. The second-order valence-corrected chi connectivity index (χ2v) is 7.39. The van der Waals surface area contributed by atoms with Gasteiger partial charge in [-0.3, -0.25) is 0 Å². The number of aromatic nitrogens is 1. The first-order chi connectivity index (χ1) is 13.3. The molecule has 2 aromatic carbocycles. The summed E-state index contributed by atoms with van der Waals surface area (Å²) in [6.45, 7) is 3.59. The smallest absolute Gasteiger partial charge is 0.136 e. The topological polar surface area (TPSA) is 52.4 Å². The molecule has 0 saturated carbocycles. The van der Waals surface area contributed by atoms with E-state index < -0.39 is 0 Å². The zero-order valence-corrected chi connectivity index (χ0v) is 15.9. The molecule has 5 nitrogen and oxygen atoms in total. The number of benzene rings is 2. The number of nitrogens with zero attached hydrogens (tertiary/aromatic N) is 4. The number of hydrogen-bond donors (Lipinski definition) is 0. The Morgan fingerprint density at radius 3 is 2.52 bits per heavy atom. The van der Waals surface area contributed by atoms with E-state index in [1.54, 1.807) is 18.4 Å². The molecule has 0 aliphatic carbocycles. The molecular formula is C21H20N4OS. The minimum Gasteiger partial charge on any atom is -0.497 e. The van der Waals surface area contributed by atoms with E-state index in [2.05, 4.69) is 33.0 Å². The lowest BCUT2D eigenvalue weighted by Crippen LogP contribution is -2.44. The van der Waals surface area contributed by atoms with Crippen molar-refractivity contribution >= 4 is 32.8 Å². The average molecular weight is 376 g/mol. The molecule has 0 N–H and O–H groups in total. The van der Waals surface area contributed by atoms with E-state index in [9.17, 15) is 5.26 Å². The fourth-order valence-corrected chi connectivity index (χ4v) is 4.13. The lowest BCUT2D eigenvalue weighted by atomic mass is 10.2. The second-order valence-electron chi connectivity index (χ2n) is 6.36. The molecule has 136 valence electrons. The van der Waals surface area contributed by atoms with Crippen molar-refractivity contribution in [2.24, 2.45) is 0 Å². The summed E-state index contributed by atoms with van der Waals surface area (Å²) in [6.07, 6.45) is 1.96. The summed E-state index contributed by atoms with van der Waals surface area (Å²) in [5, 5.41) is 10.4. The number of fused-ring (bicyclic) bond motifs is 1. The first-order valence-electron chi connectivity index (χ1n) is 8.88. The fourth-order valence-electron chi connectivity index (χ4n) is 3.20. The molecule has 1 aromatic heterocycles. The third-order valence-corrected chi connectivity index (χ3v) is 5.78. The highest BCUT2D eigenvalue weighted by Crippen LogP contribution is 2.27. The molecule has 27 heavy (non-hydrogen) atoms. The van der Waals surface area contributed by atoms with Gasteiger partial charge in [0, 0.05) is 38.1 Å². The summed E-state index contributed by atoms with van der Waals surface area (Å²) in [5.74, 6) is 0.870. The molecule has 0 spiro atoms. The molecule has 2 heterocycles. The average Bonchev–Trinajstić information content (AvgIpc) is 3.16. The zero-order chi connectivity index (χ0) is 18.6. The summed E-state index contributed by atoms with van der Waals surface area (Å²) >= 11 is 1.57. The third kappa shape index (κ3) is 3.74. The molecule has 0 bridgehead atoms. The van der Waals surface area contributed by atoms with Crippen molar-refractivity contribution in [3.63, 3.8) is 0 Å². The van der Waals surface area contributed by atoms with Gasteiger partial charge in [-0.2, -0.15) is 5.26 Å². The lowest BCUT2D eigenvalue weighted by Gasteiger charge is -2.35. The van der Waals surface area contributed by atoms with Crippen molar-refractivity contribution in [3.8, 4) is 11.8 Å². The van der Waals surface area contributed by atoms with Crippen LogP contribution in [0.3, 0.4) is 0 Å². The van der Waals surface area contributed by atoms with Crippen molar-refractivity contribution in [1.29, 1.82) is 5.26 Å². The van der Waals surface area contributed by atoms with Gasteiger partial charge in [0.2, 0.25) is 0 Å². The molecule has 1 fully saturated rings. The van der Waals surface area contributed by atoms with Gasteiger partial charge >= 0.3 is 0 Å². The van der Waals surface area contributed by atoms with E-state index in [0.29, 0.717) is 5.57 Å². The molecule has 1 aliphatic heterocycles. The van der Waals surface area contributed by atoms with Gasteiger partial charge in [0.25, 0.3) is 0 Å². The van der Waals surface area contributed by atoms with Gasteiger partial charge in [-0.1, -0.05) is 12.1 Å². The highest BCUT2D eigenvalue weighted by molar-refractivity contribution is 7.19. The van der Waals surface area contributed by atoms with Crippen LogP contribution < -0.4 is 9.64 Å². The monoisotopic (exact) mass is 376 g/mol. The highest BCUT2D eigenvalue weighted by Gasteiger charge is 2.17. The fraction of sp³-hybridized carbons (Fsp3) is 0.238. The van der Waals surface area contributed by atoms with Crippen LogP contribution in [0.2, 0.25) is 0 Å². The van der Waals surface area contributed by atoms with E-state index in [0.717, 1.165) is 47.2 Å². The van der Waals surface area contributed by atoms with Gasteiger partial charge in [0.05, 0.1) is 17.3 Å². The van der Waals surface area contributed by atoms with Gasteiger partial charge in [-0.15, -0.1) is 11.3 Å². The van der Waals surface area contributed by atoms with Crippen molar-refractivity contribution in [1.82, 2.24) is 9.88 Å². The Bertz CT molecular complexity index is 962.